The molecule has 19 heavy (non-hydrogen) atoms. The molecule has 0 spiro atoms. The van der Waals surface area contributed by atoms with Crippen molar-refractivity contribution < 1.29 is 9.21 Å². The number of aromatic nitrogens is 1. The molecule has 0 aliphatic rings. The first-order valence-electron chi connectivity index (χ1n) is 6.04. The van der Waals surface area contributed by atoms with E-state index in [1.807, 2.05) is 13.0 Å². The Hall–Kier alpha value is -2.30. The van der Waals surface area contributed by atoms with Gasteiger partial charge in [-0.15, -0.1) is 0 Å². The van der Waals surface area contributed by atoms with Crippen LogP contribution in [0.1, 0.15) is 18.7 Å². The van der Waals surface area contributed by atoms with Crippen molar-refractivity contribution in [2.24, 2.45) is 0 Å². The lowest BCUT2D eigenvalue weighted by atomic mass is 10.2. The highest BCUT2D eigenvalue weighted by Gasteiger charge is 2.19. The van der Waals surface area contributed by atoms with Crippen LogP contribution in [0.2, 0.25) is 0 Å². The van der Waals surface area contributed by atoms with Gasteiger partial charge in [-0.2, -0.15) is 0 Å². The number of amides is 1. The highest BCUT2D eigenvalue weighted by molar-refractivity contribution is 5.76. The van der Waals surface area contributed by atoms with Crippen molar-refractivity contribution in [1.29, 1.82) is 0 Å². The van der Waals surface area contributed by atoms with Crippen molar-refractivity contribution >= 4 is 5.91 Å². The van der Waals surface area contributed by atoms with E-state index in [0.29, 0.717) is 0 Å². The second-order valence-electron chi connectivity index (χ2n) is 4.36. The van der Waals surface area contributed by atoms with E-state index in [0.717, 1.165) is 5.76 Å². The first-order chi connectivity index (χ1) is 9.09. The zero-order valence-corrected chi connectivity index (χ0v) is 10.9. The van der Waals surface area contributed by atoms with Crippen LogP contribution in [0.15, 0.2) is 52.0 Å². The predicted molar refractivity (Wildman–Crippen MR) is 70.6 cm³/mol. The van der Waals surface area contributed by atoms with E-state index in [-0.39, 0.29) is 24.1 Å². The second kappa shape index (κ2) is 5.56. The Labute approximate surface area is 111 Å². The minimum Gasteiger partial charge on any atom is -0.467 e. The monoisotopic (exact) mass is 260 g/mol. The van der Waals surface area contributed by atoms with Crippen molar-refractivity contribution in [1.82, 2.24) is 9.47 Å². The van der Waals surface area contributed by atoms with Gasteiger partial charge in [0.05, 0.1) is 12.3 Å². The van der Waals surface area contributed by atoms with Crippen molar-refractivity contribution in [2.45, 2.75) is 19.5 Å². The minimum atomic E-state index is -0.185. The van der Waals surface area contributed by atoms with Crippen LogP contribution in [0.4, 0.5) is 0 Å². The second-order valence-corrected chi connectivity index (χ2v) is 4.36. The lowest BCUT2D eigenvalue weighted by Gasteiger charge is -2.23. The summed E-state index contributed by atoms with van der Waals surface area (Å²) in [5, 5.41) is 0. The van der Waals surface area contributed by atoms with E-state index in [2.05, 4.69) is 0 Å². The van der Waals surface area contributed by atoms with Gasteiger partial charge in [-0.05, 0) is 25.1 Å². The molecule has 2 heterocycles. The standard InChI is InChI=1S/C14H16N2O3/c1-11(12-6-5-9-19-12)15(2)14(18)10-16-8-4-3-7-13(16)17/h3-9,11H,10H2,1-2H3. The minimum absolute atomic E-state index is 0.0290. The van der Waals surface area contributed by atoms with Gasteiger partial charge in [0.1, 0.15) is 12.3 Å². The molecule has 0 fully saturated rings. The third-order valence-electron chi connectivity index (χ3n) is 3.13. The molecule has 0 aromatic carbocycles. The zero-order chi connectivity index (χ0) is 13.8. The summed E-state index contributed by atoms with van der Waals surface area (Å²) in [7, 11) is 1.70. The average molecular weight is 260 g/mol. The molecule has 0 aliphatic heterocycles. The van der Waals surface area contributed by atoms with Gasteiger partial charge >= 0.3 is 0 Å². The Morgan fingerprint density at radius 2 is 2.16 bits per heavy atom. The molecule has 1 atom stereocenters. The van der Waals surface area contributed by atoms with Crippen LogP contribution in [-0.4, -0.2) is 22.4 Å². The molecule has 0 bridgehead atoms. The van der Waals surface area contributed by atoms with Gasteiger partial charge in [0.2, 0.25) is 5.91 Å². The molecular weight excluding hydrogens is 244 g/mol. The first kappa shape index (κ1) is 13.1. The molecule has 2 aromatic rings. The highest BCUT2D eigenvalue weighted by Crippen LogP contribution is 2.18. The summed E-state index contributed by atoms with van der Waals surface area (Å²) in [5.41, 5.74) is -0.185. The summed E-state index contributed by atoms with van der Waals surface area (Å²) >= 11 is 0. The van der Waals surface area contributed by atoms with Crippen LogP contribution in [0.25, 0.3) is 0 Å². The number of pyridine rings is 1. The Morgan fingerprint density at radius 3 is 2.79 bits per heavy atom. The van der Waals surface area contributed by atoms with Gasteiger partial charge in [-0.1, -0.05) is 6.07 Å². The van der Waals surface area contributed by atoms with Gasteiger partial charge < -0.3 is 13.9 Å². The van der Waals surface area contributed by atoms with Crippen molar-refractivity contribution in [3.05, 3.63) is 58.9 Å². The fraction of sp³-hybridized carbons (Fsp3) is 0.286. The molecular formula is C14H16N2O3. The maximum atomic E-state index is 12.1. The van der Waals surface area contributed by atoms with Gasteiger partial charge in [-0.3, -0.25) is 9.59 Å². The molecule has 1 unspecified atom stereocenters. The van der Waals surface area contributed by atoms with Gasteiger partial charge in [0, 0.05) is 19.3 Å². The van der Waals surface area contributed by atoms with Crippen LogP contribution in [0, 0.1) is 0 Å². The Kier molecular flexibility index (Phi) is 3.85. The summed E-state index contributed by atoms with van der Waals surface area (Å²) in [6.45, 7) is 1.91. The molecule has 1 amide bonds. The number of nitrogens with zero attached hydrogens (tertiary/aromatic N) is 2. The maximum absolute atomic E-state index is 12.1. The summed E-state index contributed by atoms with van der Waals surface area (Å²) in [6.07, 6.45) is 3.18. The van der Waals surface area contributed by atoms with E-state index in [1.54, 1.807) is 42.6 Å². The van der Waals surface area contributed by atoms with Gasteiger partial charge in [0.15, 0.2) is 0 Å². The normalized spacial score (nSPS) is 12.1. The largest absolute Gasteiger partial charge is 0.467 e. The molecule has 0 saturated heterocycles. The van der Waals surface area contributed by atoms with E-state index in [1.165, 1.54) is 10.6 Å². The van der Waals surface area contributed by atoms with Crippen LogP contribution >= 0.6 is 0 Å². The molecule has 0 N–H and O–H groups in total. The smallest absolute Gasteiger partial charge is 0.250 e. The summed E-state index contributed by atoms with van der Waals surface area (Å²) in [6, 6.07) is 8.25. The zero-order valence-electron chi connectivity index (χ0n) is 10.9. The van der Waals surface area contributed by atoms with E-state index >= 15 is 0 Å². The number of carbonyl (C=O) groups is 1. The summed E-state index contributed by atoms with van der Waals surface area (Å²) < 4.78 is 6.66. The lowest BCUT2D eigenvalue weighted by molar-refractivity contribution is -0.132. The fourth-order valence-corrected chi connectivity index (χ4v) is 1.78. The Balaban J connectivity index is 2.08. The van der Waals surface area contributed by atoms with Crippen molar-refractivity contribution in [2.75, 3.05) is 7.05 Å². The third kappa shape index (κ3) is 2.93. The van der Waals surface area contributed by atoms with Crippen molar-refractivity contribution in [3.63, 3.8) is 0 Å². The average Bonchev–Trinajstić information content (AvgIpc) is 2.93. The number of rotatable bonds is 4. The molecule has 2 rings (SSSR count). The van der Waals surface area contributed by atoms with E-state index in [4.69, 9.17) is 4.42 Å². The first-order valence-corrected chi connectivity index (χ1v) is 6.04. The lowest BCUT2D eigenvalue weighted by Crippen LogP contribution is -2.35. The molecule has 5 nitrogen and oxygen atoms in total. The van der Waals surface area contributed by atoms with Gasteiger partial charge in [0.25, 0.3) is 5.56 Å². The summed E-state index contributed by atoms with van der Waals surface area (Å²) in [5.74, 6) is 0.577. The topological polar surface area (TPSA) is 55.5 Å². The van der Waals surface area contributed by atoms with E-state index in [9.17, 15) is 9.59 Å². The predicted octanol–water partition coefficient (Wildman–Crippen LogP) is 1.66. The quantitative estimate of drug-likeness (QED) is 0.840. The number of hydrogen-bond acceptors (Lipinski definition) is 3. The number of carbonyl (C=O) groups excluding carboxylic acids is 1. The fourth-order valence-electron chi connectivity index (χ4n) is 1.78. The Morgan fingerprint density at radius 1 is 1.37 bits per heavy atom. The van der Waals surface area contributed by atoms with Crippen LogP contribution in [0.5, 0.6) is 0 Å². The molecule has 2 aromatic heterocycles. The number of hydrogen-bond donors (Lipinski definition) is 0. The van der Waals surface area contributed by atoms with Crippen LogP contribution in [0.3, 0.4) is 0 Å². The highest BCUT2D eigenvalue weighted by atomic mass is 16.3. The number of furan rings is 1. The van der Waals surface area contributed by atoms with Crippen LogP contribution in [-0.2, 0) is 11.3 Å². The number of likely N-dealkylation sites (N-methyl/N-ethyl adjacent to an activating group) is 1. The third-order valence-corrected chi connectivity index (χ3v) is 3.13. The molecule has 0 saturated carbocycles. The molecule has 0 aliphatic carbocycles. The van der Waals surface area contributed by atoms with Gasteiger partial charge in [-0.25, -0.2) is 0 Å². The Bertz CT molecular complexity index is 601. The molecule has 5 heteroatoms. The van der Waals surface area contributed by atoms with E-state index < -0.39 is 0 Å². The SMILES string of the molecule is CC(c1ccco1)N(C)C(=O)Cn1ccccc1=O. The molecule has 0 radical (unpaired) electrons. The van der Waals surface area contributed by atoms with Crippen LogP contribution < -0.4 is 5.56 Å². The maximum Gasteiger partial charge on any atom is 0.250 e. The van der Waals surface area contributed by atoms with Crippen molar-refractivity contribution in [3.8, 4) is 0 Å². The molecule has 100 valence electrons. The summed E-state index contributed by atoms with van der Waals surface area (Å²) in [4.78, 5) is 25.2.